The van der Waals surface area contributed by atoms with Crippen LogP contribution in [-0.2, 0) is 12.8 Å². The lowest BCUT2D eigenvalue weighted by atomic mass is 9.79. The Balaban J connectivity index is 1.66. The van der Waals surface area contributed by atoms with Crippen molar-refractivity contribution < 1.29 is 0 Å². The van der Waals surface area contributed by atoms with Crippen molar-refractivity contribution in [2.45, 2.75) is 71.6 Å². The Hall–Kier alpha value is -1.04. The molecule has 116 valence electrons. The molecule has 0 saturated heterocycles. The Morgan fingerprint density at radius 3 is 2.10 bits per heavy atom. The van der Waals surface area contributed by atoms with Gasteiger partial charge in [-0.15, -0.1) is 0 Å². The van der Waals surface area contributed by atoms with Crippen LogP contribution in [0.1, 0.15) is 69.9 Å². The molecule has 2 rings (SSSR count). The smallest absolute Gasteiger partial charge is 0.00975 e. The van der Waals surface area contributed by atoms with Crippen molar-refractivity contribution in [3.63, 3.8) is 0 Å². The zero-order valence-corrected chi connectivity index (χ0v) is 14.0. The molecule has 1 saturated carbocycles. The molecule has 21 heavy (non-hydrogen) atoms. The summed E-state index contributed by atoms with van der Waals surface area (Å²) in [5, 5.41) is 0. The van der Waals surface area contributed by atoms with Gasteiger partial charge in [0.2, 0.25) is 0 Å². The summed E-state index contributed by atoms with van der Waals surface area (Å²) in [4.78, 5) is 0. The Kier molecular flexibility index (Phi) is 7.06. The average Bonchev–Trinajstić information content (AvgIpc) is 2.54. The van der Waals surface area contributed by atoms with E-state index < -0.39 is 0 Å². The minimum atomic E-state index is 0.955. The van der Waals surface area contributed by atoms with Gasteiger partial charge in [0.15, 0.2) is 0 Å². The number of benzene rings is 1. The fourth-order valence-corrected chi connectivity index (χ4v) is 3.58. The van der Waals surface area contributed by atoms with Gasteiger partial charge < -0.3 is 0 Å². The van der Waals surface area contributed by atoms with Crippen LogP contribution in [0.5, 0.6) is 0 Å². The van der Waals surface area contributed by atoms with Crippen LogP contribution in [0.2, 0.25) is 0 Å². The number of hydrogen-bond acceptors (Lipinski definition) is 0. The van der Waals surface area contributed by atoms with Crippen molar-refractivity contribution in [2.24, 2.45) is 11.8 Å². The Labute approximate surface area is 131 Å². The van der Waals surface area contributed by atoms with Crippen LogP contribution >= 0.6 is 0 Å². The molecule has 0 radical (unpaired) electrons. The number of rotatable bonds is 7. The topological polar surface area (TPSA) is 0 Å². The monoisotopic (exact) mass is 284 g/mol. The van der Waals surface area contributed by atoms with Crippen molar-refractivity contribution in [3.8, 4) is 0 Å². The first-order chi connectivity index (χ1) is 10.3. The predicted octanol–water partition coefficient (Wildman–Crippen LogP) is 6.34. The molecule has 0 heterocycles. The van der Waals surface area contributed by atoms with Gasteiger partial charge in [0.25, 0.3) is 0 Å². The fraction of sp³-hybridized carbons (Fsp3) is 0.619. The molecule has 0 amide bonds. The second kappa shape index (κ2) is 9.07. The van der Waals surface area contributed by atoms with E-state index in [1.54, 1.807) is 0 Å². The zero-order chi connectivity index (χ0) is 14.9. The highest BCUT2D eigenvalue weighted by atomic mass is 14.2. The van der Waals surface area contributed by atoms with Gasteiger partial charge in [-0.3, -0.25) is 0 Å². The molecule has 0 atom stereocenters. The summed E-state index contributed by atoms with van der Waals surface area (Å²) < 4.78 is 0. The molecular formula is C21H32. The lowest BCUT2D eigenvalue weighted by Gasteiger charge is -2.27. The van der Waals surface area contributed by atoms with Crippen molar-refractivity contribution in [2.75, 3.05) is 0 Å². The molecule has 0 nitrogen and oxygen atoms in total. The van der Waals surface area contributed by atoms with Crippen LogP contribution in [-0.4, -0.2) is 0 Å². The molecule has 0 bridgehead atoms. The van der Waals surface area contributed by atoms with E-state index in [2.05, 4.69) is 50.3 Å². The molecule has 0 heteroatoms. The van der Waals surface area contributed by atoms with Gasteiger partial charge in [0.1, 0.15) is 0 Å². The molecular weight excluding hydrogens is 252 g/mol. The van der Waals surface area contributed by atoms with Gasteiger partial charge in [-0.1, -0.05) is 75.9 Å². The summed E-state index contributed by atoms with van der Waals surface area (Å²) >= 11 is 0. The van der Waals surface area contributed by atoms with E-state index in [1.807, 2.05) is 0 Å². The third kappa shape index (κ3) is 5.69. The van der Waals surface area contributed by atoms with Gasteiger partial charge in [-0.05, 0) is 55.1 Å². The molecule has 1 aliphatic carbocycles. The van der Waals surface area contributed by atoms with E-state index in [4.69, 9.17) is 0 Å². The fourth-order valence-electron chi connectivity index (χ4n) is 3.58. The SMILES string of the molecule is CCCC1CCC(CC=CCc2ccc(CC)cc2)CC1. The van der Waals surface area contributed by atoms with Crippen molar-refractivity contribution in [3.05, 3.63) is 47.5 Å². The van der Waals surface area contributed by atoms with Crippen LogP contribution in [0.25, 0.3) is 0 Å². The maximum Gasteiger partial charge on any atom is -0.00975 e. The summed E-state index contributed by atoms with van der Waals surface area (Å²) in [6.07, 6.45) is 17.0. The first-order valence-corrected chi connectivity index (χ1v) is 9.04. The van der Waals surface area contributed by atoms with Crippen LogP contribution in [0.15, 0.2) is 36.4 Å². The van der Waals surface area contributed by atoms with Gasteiger partial charge in [0, 0.05) is 0 Å². The number of allylic oxidation sites excluding steroid dienone is 2. The predicted molar refractivity (Wildman–Crippen MR) is 93.6 cm³/mol. The third-order valence-corrected chi connectivity index (χ3v) is 5.08. The minimum Gasteiger partial charge on any atom is -0.0879 e. The van der Waals surface area contributed by atoms with Gasteiger partial charge in [-0.2, -0.15) is 0 Å². The maximum absolute atomic E-state index is 2.43. The van der Waals surface area contributed by atoms with Crippen molar-refractivity contribution in [1.29, 1.82) is 0 Å². The number of aryl methyl sites for hydroxylation is 1. The molecule has 1 aromatic carbocycles. The highest BCUT2D eigenvalue weighted by Crippen LogP contribution is 2.33. The van der Waals surface area contributed by atoms with E-state index in [0.29, 0.717) is 0 Å². The Bertz CT molecular complexity index is 404. The zero-order valence-electron chi connectivity index (χ0n) is 14.0. The molecule has 0 aromatic heterocycles. The number of hydrogen-bond donors (Lipinski definition) is 0. The highest BCUT2D eigenvalue weighted by molar-refractivity contribution is 5.24. The lowest BCUT2D eigenvalue weighted by Crippen LogP contribution is -2.13. The second-order valence-corrected chi connectivity index (χ2v) is 6.76. The molecule has 0 unspecified atom stereocenters. The van der Waals surface area contributed by atoms with Crippen molar-refractivity contribution >= 4 is 0 Å². The van der Waals surface area contributed by atoms with Crippen LogP contribution < -0.4 is 0 Å². The summed E-state index contributed by atoms with van der Waals surface area (Å²) in [6, 6.07) is 9.08. The van der Waals surface area contributed by atoms with Crippen LogP contribution in [0.3, 0.4) is 0 Å². The molecule has 0 N–H and O–H groups in total. The van der Waals surface area contributed by atoms with Crippen LogP contribution in [0, 0.1) is 11.8 Å². The van der Waals surface area contributed by atoms with Crippen LogP contribution in [0.4, 0.5) is 0 Å². The van der Waals surface area contributed by atoms with Crippen molar-refractivity contribution in [1.82, 2.24) is 0 Å². The standard InChI is InChI=1S/C21H32/c1-3-7-19-14-16-21(17-15-19)9-6-5-8-20-12-10-18(4-2)11-13-20/h5-6,10-13,19,21H,3-4,7-9,14-17H2,1-2H3. The lowest BCUT2D eigenvalue weighted by molar-refractivity contribution is 0.263. The normalized spacial score (nSPS) is 22.8. The largest absolute Gasteiger partial charge is 0.0879 e. The van der Waals surface area contributed by atoms with E-state index in [-0.39, 0.29) is 0 Å². The van der Waals surface area contributed by atoms with E-state index >= 15 is 0 Å². The molecule has 1 aliphatic rings. The summed E-state index contributed by atoms with van der Waals surface area (Å²) in [6.45, 7) is 4.53. The van der Waals surface area contributed by atoms with E-state index in [1.165, 1.54) is 56.1 Å². The summed E-state index contributed by atoms with van der Waals surface area (Å²) in [7, 11) is 0. The van der Waals surface area contributed by atoms with E-state index in [0.717, 1.165) is 24.7 Å². The Morgan fingerprint density at radius 2 is 1.48 bits per heavy atom. The quantitative estimate of drug-likeness (QED) is 0.512. The maximum atomic E-state index is 2.43. The van der Waals surface area contributed by atoms with Gasteiger partial charge >= 0.3 is 0 Å². The molecule has 1 fully saturated rings. The Morgan fingerprint density at radius 1 is 0.857 bits per heavy atom. The average molecular weight is 284 g/mol. The first-order valence-electron chi connectivity index (χ1n) is 9.04. The second-order valence-electron chi connectivity index (χ2n) is 6.76. The first kappa shape index (κ1) is 16.3. The minimum absolute atomic E-state index is 0.955. The molecule has 0 spiro atoms. The third-order valence-electron chi connectivity index (χ3n) is 5.08. The molecule has 1 aromatic rings. The summed E-state index contributed by atoms with van der Waals surface area (Å²) in [5.74, 6) is 1.99. The highest BCUT2D eigenvalue weighted by Gasteiger charge is 2.19. The molecule has 0 aliphatic heterocycles. The summed E-state index contributed by atoms with van der Waals surface area (Å²) in [5.41, 5.74) is 2.88. The van der Waals surface area contributed by atoms with Gasteiger partial charge in [0.05, 0.1) is 0 Å². The van der Waals surface area contributed by atoms with Gasteiger partial charge in [-0.25, -0.2) is 0 Å². The van der Waals surface area contributed by atoms with E-state index in [9.17, 15) is 0 Å².